The molecule has 4 rings (SSSR count). The Morgan fingerprint density at radius 1 is 1.35 bits per heavy atom. The zero-order chi connectivity index (χ0) is 18.3. The Kier molecular flexibility index (Phi) is 4.12. The Morgan fingerprint density at radius 2 is 2.15 bits per heavy atom. The zero-order valence-corrected chi connectivity index (χ0v) is 14.8. The summed E-state index contributed by atoms with van der Waals surface area (Å²) in [4.78, 5) is 17.5. The Morgan fingerprint density at radius 3 is 2.96 bits per heavy atom. The predicted molar refractivity (Wildman–Crippen MR) is 97.5 cm³/mol. The SMILES string of the molecule is CCOc1cccn2c(C(=O)N[C@H]3c4ccccc4C[C@H]3O)c(C)nc12. The molecule has 1 aliphatic carbocycles. The van der Waals surface area contributed by atoms with Crippen molar-refractivity contribution in [3.05, 3.63) is 65.1 Å². The smallest absolute Gasteiger partial charge is 0.270 e. The highest BCUT2D eigenvalue weighted by Crippen LogP contribution is 2.32. The number of hydrogen-bond donors (Lipinski definition) is 2. The van der Waals surface area contributed by atoms with Gasteiger partial charge >= 0.3 is 0 Å². The van der Waals surface area contributed by atoms with E-state index in [0.717, 1.165) is 11.1 Å². The van der Waals surface area contributed by atoms with Gasteiger partial charge in [0.2, 0.25) is 0 Å². The third-order valence-corrected chi connectivity index (χ3v) is 4.79. The normalized spacial score (nSPS) is 18.7. The highest BCUT2D eigenvalue weighted by Gasteiger charge is 2.33. The lowest BCUT2D eigenvalue weighted by atomic mass is 10.1. The number of carbonyl (C=O) groups excluding carboxylic acids is 1. The number of pyridine rings is 1. The van der Waals surface area contributed by atoms with Crippen molar-refractivity contribution < 1.29 is 14.6 Å². The Hall–Kier alpha value is -2.86. The molecule has 0 saturated carbocycles. The molecule has 134 valence electrons. The summed E-state index contributed by atoms with van der Waals surface area (Å²) in [6, 6.07) is 11.0. The standard InChI is InChI=1S/C20H21N3O3/c1-3-26-16-9-6-10-23-18(12(2)21-19(16)23)20(25)22-17-14-8-5-4-7-13(14)11-15(17)24/h4-10,15,17,24H,3,11H2,1-2H3,(H,22,25)/t15-,17+/m1/s1. The van der Waals surface area contributed by atoms with Gasteiger partial charge in [0.15, 0.2) is 11.4 Å². The molecule has 0 saturated heterocycles. The number of aliphatic hydroxyl groups is 1. The van der Waals surface area contributed by atoms with Crippen molar-refractivity contribution in [2.24, 2.45) is 0 Å². The number of aromatic nitrogens is 2. The van der Waals surface area contributed by atoms with Crippen molar-refractivity contribution in [3.63, 3.8) is 0 Å². The molecule has 0 bridgehead atoms. The Labute approximate surface area is 151 Å². The number of benzene rings is 1. The quantitative estimate of drug-likeness (QED) is 0.757. The van der Waals surface area contributed by atoms with Gasteiger partial charge in [-0.05, 0) is 37.1 Å². The maximum absolute atomic E-state index is 13.0. The summed E-state index contributed by atoms with van der Waals surface area (Å²) < 4.78 is 7.35. The molecular formula is C20H21N3O3. The van der Waals surface area contributed by atoms with E-state index >= 15 is 0 Å². The second-order valence-electron chi connectivity index (χ2n) is 6.47. The van der Waals surface area contributed by atoms with Gasteiger partial charge in [-0.2, -0.15) is 0 Å². The van der Waals surface area contributed by atoms with Gasteiger partial charge in [-0.1, -0.05) is 24.3 Å². The number of aryl methyl sites for hydroxylation is 1. The molecular weight excluding hydrogens is 330 g/mol. The van der Waals surface area contributed by atoms with Gasteiger partial charge in [-0.15, -0.1) is 0 Å². The number of fused-ring (bicyclic) bond motifs is 2. The average molecular weight is 351 g/mol. The van der Waals surface area contributed by atoms with Crippen LogP contribution in [0.3, 0.4) is 0 Å². The zero-order valence-electron chi connectivity index (χ0n) is 14.8. The fraction of sp³-hybridized carbons (Fsp3) is 0.300. The molecule has 3 aromatic rings. The van der Waals surface area contributed by atoms with Gasteiger partial charge < -0.3 is 15.2 Å². The van der Waals surface area contributed by atoms with E-state index in [4.69, 9.17) is 4.74 Å². The fourth-order valence-electron chi connectivity index (χ4n) is 3.66. The van der Waals surface area contributed by atoms with Crippen LogP contribution in [0.4, 0.5) is 0 Å². The van der Waals surface area contributed by atoms with Gasteiger partial charge in [0.1, 0.15) is 5.69 Å². The number of rotatable bonds is 4. The topological polar surface area (TPSA) is 75.9 Å². The largest absolute Gasteiger partial charge is 0.490 e. The van der Waals surface area contributed by atoms with Crippen LogP contribution in [0.1, 0.15) is 40.3 Å². The average Bonchev–Trinajstić information content (AvgIpc) is 3.12. The monoisotopic (exact) mass is 351 g/mol. The summed E-state index contributed by atoms with van der Waals surface area (Å²) in [5, 5.41) is 13.4. The van der Waals surface area contributed by atoms with Crippen LogP contribution in [-0.2, 0) is 6.42 Å². The first kappa shape index (κ1) is 16.6. The molecule has 0 aliphatic heterocycles. The molecule has 2 aromatic heterocycles. The number of ether oxygens (including phenoxy) is 1. The first-order valence-corrected chi connectivity index (χ1v) is 8.77. The molecule has 6 nitrogen and oxygen atoms in total. The van der Waals surface area contributed by atoms with Crippen molar-refractivity contribution in [2.45, 2.75) is 32.4 Å². The van der Waals surface area contributed by atoms with E-state index in [9.17, 15) is 9.90 Å². The van der Waals surface area contributed by atoms with Gasteiger partial charge in [0.25, 0.3) is 5.91 Å². The molecule has 0 unspecified atom stereocenters. The Bertz CT molecular complexity index is 980. The molecule has 6 heteroatoms. The number of nitrogens with zero attached hydrogens (tertiary/aromatic N) is 2. The first-order valence-electron chi connectivity index (χ1n) is 8.77. The predicted octanol–water partition coefficient (Wildman–Crippen LogP) is 2.43. The summed E-state index contributed by atoms with van der Waals surface area (Å²) in [7, 11) is 0. The molecule has 1 aromatic carbocycles. The van der Waals surface area contributed by atoms with Gasteiger partial charge in [-0.25, -0.2) is 4.98 Å². The summed E-state index contributed by atoms with van der Waals surface area (Å²) in [6.07, 6.45) is 1.71. The lowest BCUT2D eigenvalue weighted by molar-refractivity contribution is 0.0852. The maximum atomic E-state index is 13.0. The minimum Gasteiger partial charge on any atom is -0.490 e. The van der Waals surface area contributed by atoms with Crippen LogP contribution in [0.2, 0.25) is 0 Å². The van der Waals surface area contributed by atoms with E-state index in [1.807, 2.05) is 43.3 Å². The Balaban J connectivity index is 1.69. The third-order valence-electron chi connectivity index (χ3n) is 4.79. The van der Waals surface area contributed by atoms with E-state index in [1.54, 1.807) is 17.5 Å². The number of nitrogens with one attached hydrogen (secondary N) is 1. The minimum absolute atomic E-state index is 0.260. The highest BCUT2D eigenvalue weighted by atomic mass is 16.5. The van der Waals surface area contributed by atoms with Crippen LogP contribution >= 0.6 is 0 Å². The third kappa shape index (κ3) is 2.63. The van der Waals surface area contributed by atoms with Gasteiger partial charge in [0, 0.05) is 12.6 Å². The first-order chi connectivity index (χ1) is 12.6. The van der Waals surface area contributed by atoms with E-state index in [-0.39, 0.29) is 5.91 Å². The van der Waals surface area contributed by atoms with E-state index in [0.29, 0.717) is 35.8 Å². The lowest BCUT2D eigenvalue weighted by Crippen LogP contribution is -2.34. The van der Waals surface area contributed by atoms with E-state index in [1.165, 1.54) is 0 Å². The van der Waals surface area contributed by atoms with E-state index < -0.39 is 12.1 Å². The molecule has 0 fully saturated rings. The van der Waals surface area contributed by atoms with Crippen LogP contribution in [-0.4, -0.2) is 33.1 Å². The van der Waals surface area contributed by atoms with Gasteiger partial charge in [0.05, 0.1) is 24.4 Å². The van der Waals surface area contributed by atoms with Crippen molar-refractivity contribution >= 4 is 11.6 Å². The van der Waals surface area contributed by atoms with Crippen LogP contribution in [0.15, 0.2) is 42.6 Å². The van der Waals surface area contributed by atoms with Crippen LogP contribution in [0.5, 0.6) is 5.75 Å². The van der Waals surface area contributed by atoms with Crippen LogP contribution in [0, 0.1) is 6.92 Å². The second-order valence-corrected chi connectivity index (χ2v) is 6.47. The summed E-state index contributed by atoms with van der Waals surface area (Å²) in [5.74, 6) is 0.382. The highest BCUT2D eigenvalue weighted by molar-refractivity contribution is 5.95. The van der Waals surface area contributed by atoms with Crippen molar-refractivity contribution in [1.29, 1.82) is 0 Å². The number of aliphatic hydroxyl groups excluding tert-OH is 1. The van der Waals surface area contributed by atoms with Crippen LogP contribution in [0.25, 0.3) is 5.65 Å². The fourth-order valence-corrected chi connectivity index (χ4v) is 3.66. The van der Waals surface area contributed by atoms with Crippen molar-refractivity contribution in [2.75, 3.05) is 6.61 Å². The molecule has 1 aliphatic rings. The lowest BCUT2D eigenvalue weighted by Gasteiger charge is -2.18. The van der Waals surface area contributed by atoms with Gasteiger partial charge in [-0.3, -0.25) is 9.20 Å². The molecule has 2 heterocycles. The molecule has 26 heavy (non-hydrogen) atoms. The molecule has 1 amide bonds. The minimum atomic E-state index is -0.630. The number of hydrogen-bond acceptors (Lipinski definition) is 4. The van der Waals surface area contributed by atoms with Crippen molar-refractivity contribution in [3.8, 4) is 5.75 Å². The summed E-state index contributed by atoms with van der Waals surface area (Å²) >= 11 is 0. The molecule has 0 radical (unpaired) electrons. The van der Waals surface area contributed by atoms with Crippen molar-refractivity contribution in [1.82, 2.24) is 14.7 Å². The summed E-state index contributed by atoms with van der Waals surface area (Å²) in [5.41, 5.74) is 3.73. The number of amides is 1. The number of carbonyl (C=O) groups is 1. The van der Waals surface area contributed by atoms with Crippen LogP contribution < -0.4 is 10.1 Å². The number of imidazole rings is 1. The molecule has 2 atom stereocenters. The summed E-state index contributed by atoms with van der Waals surface area (Å²) in [6.45, 7) is 4.24. The van der Waals surface area contributed by atoms with E-state index in [2.05, 4.69) is 10.3 Å². The second kappa shape index (κ2) is 6.46. The molecule has 0 spiro atoms. The maximum Gasteiger partial charge on any atom is 0.270 e. The molecule has 2 N–H and O–H groups in total.